The van der Waals surface area contributed by atoms with Crippen molar-refractivity contribution in [2.75, 3.05) is 0 Å². The van der Waals surface area contributed by atoms with Gasteiger partial charge in [0.1, 0.15) is 0 Å². The van der Waals surface area contributed by atoms with Gasteiger partial charge in [-0.3, -0.25) is 4.79 Å². The summed E-state index contributed by atoms with van der Waals surface area (Å²) in [6.45, 7) is 3.51. The van der Waals surface area contributed by atoms with E-state index in [1.165, 1.54) is 0 Å². The highest BCUT2D eigenvalue weighted by molar-refractivity contribution is 6.67. The summed E-state index contributed by atoms with van der Waals surface area (Å²) in [4.78, 5) is 11.1. The molecule has 72 valence electrons. The minimum absolute atomic E-state index is 0.403. The molecule has 1 aromatic carbocycles. The minimum atomic E-state index is -0.693. The quantitative estimate of drug-likeness (QED) is 0.700. The summed E-state index contributed by atoms with van der Waals surface area (Å²) in [7, 11) is 0. The van der Waals surface area contributed by atoms with Gasteiger partial charge in [0.25, 0.3) is 5.24 Å². The first-order valence-electron chi connectivity index (χ1n) is 4.19. The Hall–Kier alpha value is -1.33. The Balaban J connectivity index is 3.36. The molecular weight excluding hydrogens is 198 g/mol. The van der Waals surface area contributed by atoms with E-state index in [4.69, 9.17) is 16.9 Å². The van der Waals surface area contributed by atoms with Crippen LogP contribution in [0.4, 0.5) is 0 Å². The highest BCUT2D eigenvalue weighted by Crippen LogP contribution is 2.26. The molecule has 0 unspecified atom stereocenters. The highest BCUT2D eigenvalue weighted by Gasteiger charge is 2.24. The third-order valence-electron chi connectivity index (χ3n) is 2.09. The van der Waals surface area contributed by atoms with Crippen LogP contribution in [0.3, 0.4) is 0 Å². The third-order valence-corrected chi connectivity index (χ3v) is 2.30. The van der Waals surface area contributed by atoms with Crippen LogP contribution in [0, 0.1) is 11.3 Å². The van der Waals surface area contributed by atoms with Crippen molar-refractivity contribution in [3.05, 3.63) is 35.4 Å². The van der Waals surface area contributed by atoms with Gasteiger partial charge in [-0.25, -0.2) is 0 Å². The molecule has 14 heavy (non-hydrogen) atoms. The molecule has 2 nitrogen and oxygen atoms in total. The average molecular weight is 208 g/mol. The summed E-state index contributed by atoms with van der Waals surface area (Å²) in [5, 5.41) is 8.43. The van der Waals surface area contributed by atoms with Crippen LogP contribution >= 0.6 is 11.6 Å². The van der Waals surface area contributed by atoms with Crippen molar-refractivity contribution in [2.24, 2.45) is 0 Å². The first kappa shape index (κ1) is 10.7. The fourth-order valence-corrected chi connectivity index (χ4v) is 1.42. The number of nitriles is 1. The summed E-state index contributed by atoms with van der Waals surface area (Å²) in [5.74, 6) is 0. The summed E-state index contributed by atoms with van der Waals surface area (Å²) in [5.41, 5.74) is 0.379. The van der Waals surface area contributed by atoms with Crippen LogP contribution in [0.15, 0.2) is 24.3 Å². The molecule has 0 atom stereocenters. The Kier molecular flexibility index (Phi) is 2.93. The van der Waals surface area contributed by atoms with Crippen molar-refractivity contribution in [2.45, 2.75) is 19.3 Å². The predicted octanol–water partition coefficient (Wildman–Crippen LogP) is 2.87. The number of hydrogen-bond acceptors (Lipinski definition) is 2. The largest absolute Gasteiger partial charge is 0.276 e. The SMILES string of the molecule is CC(C)(C#N)c1ccccc1C(=O)Cl. The predicted molar refractivity (Wildman–Crippen MR) is 55.3 cm³/mol. The first-order valence-corrected chi connectivity index (χ1v) is 4.57. The van der Waals surface area contributed by atoms with Crippen molar-refractivity contribution in [1.29, 1.82) is 5.26 Å². The van der Waals surface area contributed by atoms with Crippen LogP contribution in [0.5, 0.6) is 0 Å². The highest BCUT2D eigenvalue weighted by atomic mass is 35.5. The number of carbonyl (C=O) groups excluding carboxylic acids is 1. The maximum absolute atomic E-state index is 11.1. The zero-order chi connectivity index (χ0) is 10.8. The monoisotopic (exact) mass is 207 g/mol. The number of nitrogens with zero attached hydrogens (tertiary/aromatic N) is 1. The number of benzene rings is 1. The van der Waals surface area contributed by atoms with Gasteiger partial charge in [0.05, 0.1) is 11.5 Å². The lowest BCUT2D eigenvalue weighted by Gasteiger charge is -2.17. The normalized spacial score (nSPS) is 10.7. The van der Waals surface area contributed by atoms with Crippen molar-refractivity contribution < 1.29 is 4.79 Å². The zero-order valence-corrected chi connectivity index (χ0v) is 8.80. The molecule has 0 saturated carbocycles. The molecule has 0 aliphatic rings. The first-order chi connectivity index (χ1) is 6.49. The molecule has 0 radical (unpaired) electrons. The maximum Gasteiger partial charge on any atom is 0.252 e. The van der Waals surface area contributed by atoms with E-state index in [1.807, 2.05) is 0 Å². The summed E-state index contributed by atoms with van der Waals surface area (Å²) in [6, 6.07) is 9.04. The average Bonchev–Trinajstić information content (AvgIpc) is 2.18. The van der Waals surface area contributed by atoms with Crippen LogP contribution in [0.1, 0.15) is 29.8 Å². The molecule has 0 aliphatic heterocycles. The Morgan fingerprint density at radius 2 is 2.00 bits per heavy atom. The van der Waals surface area contributed by atoms with Crippen molar-refractivity contribution in [3.63, 3.8) is 0 Å². The molecule has 1 rings (SSSR count). The third kappa shape index (κ3) is 1.94. The Morgan fingerprint density at radius 3 is 2.50 bits per heavy atom. The molecule has 0 N–H and O–H groups in total. The molecule has 0 bridgehead atoms. The van der Waals surface area contributed by atoms with Crippen LogP contribution in [0.25, 0.3) is 0 Å². The molecule has 1 aromatic rings. The van der Waals surface area contributed by atoms with E-state index >= 15 is 0 Å². The van der Waals surface area contributed by atoms with E-state index < -0.39 is 10.7 Å². The summed E-state index contributed by atoms with van der Waals surface area (Å²) >= 11 is 5.42. The van der Waals surface area contributed by atoms with E-state index in [0.29, 0.717) is 11.1 Å². The van der Waals surface area contributed by atoms with Gasteiger partial charge in [-0.1, -0.05) is 18.2 Å². The second-order valence-corrected chi connectivity index (χ2v) is 3.90. The van der Waals surface area contributed by atoms with Gasteiger partial charge in [-0.15, -0.1) is 0 Å². The van der Waals surface area contributed by atoms with Gasteiger partial charge in [-0.2, -0.15) is 5.26 Å². The van der Waals surface area contributed by atoms with Crippen molar-refractivity contribution in [1.82, 2.24) is 0 Å². The zero-order valence-electron chi connectivity index (χ0n) is 8.04. The molecule has 0 fully saturated rings. The molecule has 0 heterocycles. The molecule has 0 aliphatic carbocycles. The minimum Gasteiger partial charge on any atom is -0.276 e. The van der Waals surface area contributed by atoms with Crippen LogP contribution in [-0.4, -0.2) is 5.24 Å². The second-order valence-electron chi connectivity index (χ2n) is 3.56. The lowest BCUT2D eigenvalue weighted by molar-refractivity contribution is 0.108. The molecule has 0 saturated heterocycles. The Bertz CT molecular complexity index is 404. The van der Waals surface area contributed by atoms with Crippen LogP contribution < -0.4 is 0 Å². The summed E-state index contributed by atoms with van der Waals surface area (Å²) in [6.07, 6.45) is 0. The molecule has 0 spiro atoms. The summed E-state index contributed by atoms with van der Waals surface area (Å²) < 4.78 is 0. The van der Waals surface area contributed by atoms with E-state index in [9.17, 15) is 4.79 Å². The van der Waals surface area contributed by atoms with Gasteiger partial charge in [-0.05, 0) is 37.1 Å². The van der Waals surface area contributed by atoms with Gasteiger partial charge in [0.15, 0.2) is 0 Å². The van der Waals surface area contributed by atoms with E-state index in [1.54, 1.807) is 38.1 Å². The maximum atomic E-state index is 11.1. The van der Waals surface area contributed by atoms with Crippen LogP contribution in [-0.2, 0) is 5.41 Å². The van der Waals surface area contributed by atoms with Gasteiger partial charge < -0.3 is 0 Å². The molecular formula is C11H10ClNO. The van der Waals surface area contributed by atoms with Crippen molar-refractivity contribution >= 4 is 16.8 Å². The fourth-order valence-electron chi connectivity index (χ4n) is 1.26. The Morgan fingerprint density at radius 1 is 1.43 bits per heavy atom. The number of hydrogen-bond donors (Lipinski definition) is 0. The lowest BCUT2D eigenvalue weighted by atomic mass is 9.83. The Labute approximate surface area is 88.1 Å². The topological polar surface area (TPSA) is 40.9 Å². The molecule has 0 aromatic heterocycles. The van der Waals surface area contributed by atoms with Gasteiger partial charge >= 0.3 is 0 Å². The van der Waals surface area contributed by atoms with Gasteiger partial charge in [0, 0.05) is 5.56 Å². The lowest BCUT2D eigenvalue weighted by Crippen LogP contribution is -2.17. The van der Waals surface area contributed by atoms with Crippen LogP contribution in [0.2, 0.25) is 0 Å². The number of rotatable bonds is 2. The fraction of sp³-hybridized carbons (Fsp3) is 0.273. The van der Waals surface area contributed by atoms with E-state index in [2.05, 4.69) is 6.07 Å². The molecule has 0 amide bonds. The van der Waals surface area contributed by atoms with Gasteiger partial charge in [0.2, 0.25) is 0 Å². The molecule has 3 heteroatoms. The van der Waals surface area contributed by atoms with Crippen molar-refractivity contribution in [3.8, 4) is 6.07 Å². The second kappa shape index (κ2) is 3.81. The smallest absolute Gasteiger partial charge is 0.252 e. The number of carbonyl (C=O) groups is 1. The number of halogens is 1. The van der Waals surface area contributed by atoms with E-state index in [0.717, 1.165) is 0 Å². The standard InChI is InChI=1S/C11H10ClNO/c1-11(2,7-13)9-6-4-3-5-8(9)10(12)14/h3-6H,1-2H3. The van der Waals surface area contributed by atoms with E-state index in [-0.39, 0.29) is 0 Å².